The lowest BCUT2D eigenvalue weighted by Gasteiger charge is -2.09. The number of hydrogen-bond donors (Lipinski definition) is 0. The highest BCUT2D eigenvalue weighted by Gasteiger charge is 2.13. The SMILES string of the molecule is CCOC(=O)c1cc(Cc2cnc(SC)nc2)c2ccccc2n1. The number of carbonyl (C=O) groups is 1. The number of ether oxygens (including phenoxy) is 1. The van der Waals surface area contributed by atoms with Gasteiger partial charge in [0.2, 0.25) is 0 Å². The summed E-state index contributed by atoms with van der Waals surface area (Å²) < 4.78 is 5.08. The number of para-hydroxylation sites is 1. The number of thioether (sulfide) groups is 1. The second-order valence-electron chi connectivity index (χ2n) is 5.16. The molecule has 0 unspecified atom stereocenters. The summed E-state index contributed by atoms with van der Waals surface area (Å²) in [5.41, 5.74) is 3.09. The van der Waals surface area contributed by atoms with E-state index in [1.807, 2.05) is 42.9 Å². The smallest absolute Gasteiger partial charge is 0.356 e. The van der Waals surface area contributed by atoms with Crippen LogP contribution in [0.25, 0.3) is 10.9 Å². The third-order valence-corrected chi connectivity index (χ3v) is 4.12. The van der Waals surface area contributed by atoms with Crippen LogP contribution < -0.4 is 0 Å². The molecule has 1 aromatic carbocycles. The molecule has 6 heteroatoms. The van der Waals surface area contributed by atoms with Gasteiger partial charge in [-0.2, -0.15) is 0 Å². The summed E-state index contributed by atoms with van der Waals surface area (Å²) >= 11 is 1.50. The largest absolute Gasteiger partial charge is 0.461 e. The first kappa shape index (κ1) is 16.4. The Morgan fingerprint density at radius 1 is 1.21 bits per heavy atom. The van der Waals surface area contributed by atoms with Crippen LogP contribution in [0.4, 0.5) is 0 Å². The molecule has 122 valence electrons. The van der Waals surface area contributed by atoms with Crippen LogP contribution in [-0.2, 0) is 11.2 Å². The van der Waals surface area contributed by atoms with Crippen LogP contribution >= 0.6 is 11.8 Å². The van der Waals surface area contributed by atoms with Crippen LogP contribution in [0.15, 0.2) is 47.9 Å². The van der Waals surface area contributed by atoms with Crippen LogP contribution in [-0.4, -0.2) is 33.8 Å². The van der Waals surface area contributed by atoms with Gasteiger partial charge >= 0.3 is 5.97 Å². The molecule has 2 heterocycles. The maximum atomic E-state index is 12.1. The van der Waals surface area contributed by atoms with Crippen molar-refractivity contribution in [1.29, 1.82) is 0 Å². The number of hydrogen-bond acceptors (Lipinski definition) is 6. The predicted molar refractivity (Wildman–Crippen MR) is 94.3 cm³/mol. The molecular formula is C18H17N3O2S. The van der Waals surface area contributed by atoms with Gasteiger partial charge in [-0.15, -0.1) is 0 Å². The van der Waals surface area contributed by atoms with Gasteiger partial charge in [0.15, 0.2) is 5.16 Å². The summed E-state index contributed by atoms with van der Waals surface area (Å²) in [5.74, 6) is -0.404. The Hall–Kier alpha value is -2.47. The molecule has 0 N–H and O–H groups in total. The summed E-state index contributed by atoms with van der Waals surface area (Å²) in [6.45, 7) is 2.11. The molecule has 0 fully saturated rings. The lowest BCUT2D eigenvalue weighted by Crippen LogP contribution is -2.08. The number of aromatic nitrogens is 3. The highest BCUT2D eigenvalue weighted by molar-refractivity contribution is 7.98. The number of fused-ring (bicyclic) bond motifs is 1. The van der Waals surface area contributed by atoms with Gasteiger partial charge in [0, 0.05) is 24.2 Å². The van der Waals surface area contributed by atoms with Crippen LogP contribution in [0.3, 0.4) is 0 Å². The highest BCUT2D eigenvalue weighted by atomic mass is 32.2. The molecule has 0 saturated heterocycles. The summed E-state index contributed by atoms with van der Waals surface area (Å²) in [6.07, 6.45) is 6.21. The van der Waals surface area contributed by atoms with E-state index in [1.54, 1.807) is 13.0 Å². The molecule has 0 aliphatic rings. The van der Waals surface area contributed by atoms with Gasteiger partial charge < -0.3 is 4.74 Å². The van der Waals surface area contributed by atoms with Crippen LogP contribution in [0.2, 0.25) is 0 Å². The van der Waals surface area contributed by atoms with Crippen molar-refractivity contribution in [3.8, 4) is 0 Å². The molecule has 0 saturated carbocycles. The molecule has 24 heavy (non-hydrogen) atoms. The van der Waals surface area contributed by atoms with E-state index in [1.165, 1.54) is 11.8 Å². The van der Waals surface area contributed by atoms with Gasteiger partial charge in [0.25, 0.3) is 0 Å². The lowest BCUT2D eigenvalue weighted by atomic mass is 10.0. The van der Waals surface area contributed by atoms with Crippen molar-refractivity contribution >= 4 is 28.6 Å². The second-order valence-corrected chi connectivity index (χ2v) is 5.93. The fourth-order valence-electron chi connectivity index (χ4n) is 2.46. The minimum atomic E-state index is -0.404. The number of carbonyl (C=O) groups excluding carboxylic acids is 1. The van der Waals surface area contributed by atoms with Crippen molar-refractivity contribution in [3.63, 3.8) is 0 Å². The monoisotopic (exact) mass is 339 g/mol. The van der Waals surface area contributed by atoms with Crippen LogP contribution in [0.1, 0.15) is 28.5 Å². The molecule has 0 spiro atoms. The van der Waals surface area contributed by atoms with Crippen molar-refractivity contribution in [2.45, 2.75) is 18.5 Å². The zero-order valence-corrected chi connectivity index (χ0v) is 14.3. The molecule has 0 aliphatic heterocycles. The maximum absolute atomic E-state index is 12.1. The molecule has 5 nitrogen and oxygen atoms in total. The van der Waals surface area contributed by atoms with Gasteiger partial charge in [0.1, 0.15) is 5.69 Å². The molecule has 3 rings (SSSR count). The van der Waals surface area contributed by atoms with E-state index in [4.69, 9.17) is 4.74 Å². The quantitative estimate of drug-likeness (QED) is 0.403. The summed E-state index contributed by atoms with van der Waals surface area (Å²) in [5, 5.41) is 1.75. The lowest BCUT2D eigenvalue weighted by molar-refractivity contribution is 0.0520. The van der Waals surface area contributed by atoms with Crippen molar-refractivity contribution in [2.24, 2.45) is 0 Å². The predicted octanol–water partition coefficient (Wildman–Crippen LogP) is 3.51. The van der Waals surface area contributed by atoms with Gasteiger partial charge in [-0.25, -0.2) is 19.7 Å². The number of pyridine rings is 1. The molecule has 3 aromatic rings. The number of nitrogens with zero attached hydrogens (tertiary/aromatic N) is 3. The Morgan fingerprint density at radius 2 is 1.96 bits per heavy atom. The summed E-state index contributed by atoms with van der Waals surface area (Å²) in [7, 11) is 0. The Balaban J connectivity index is 2.02. The van der Waals surface area contributed by atoms with E-state index >= 15 is 0 Å². The van der Waals surface area contributed by atoms with E-state index in [2.05, 4.69) is 15.0 Å². The van der Waals surface area contributed by atoms with E-state index in [9.17, 15) is 4.79 Å². The van der Waals surface area contributed by atoms with Gasteiger partial charge in [-0.3, -0.25) is 0 Å². The third kappa shape index (κ3) is 3.54. The zero-order valence-electron chi connectivity index (χ0n) is 13.5. The minimum absolute atomic E-state index is 0.326. The Bertz CT molecular complexity index is 866. The normalized spacial score (nSPS) is 10.8. The molecule has 0 amide bonds. The van der Waals surface area contributed by atoms with E-state index in [0.29, 0.717) is 18.7 Å². The molecule has 0 atom stereocenters. The standard InChI is InChI=1S/C18H17N3O2S/c1-3-23-17(22)16-9-13(14-6-4-5-7-15(14)21-16)8-12-10-19-18(24-2)20-11-12/h4-7,9-11H,3,8H2,1-2H3. The average Bonchev–Trinajstić information content (AvgIpc) is 2.62. The Kier molecular flexibility index (Phi) is 5.05. The first-order valence-electron chi connectivity index (χ1n) is 7.62. The summed E-state index contributed by atoms with van der Waals surface area (Å²) in [4.78, 5) is 25.1. The van der Waals surface area contributed by atoms with Crippen molar-refractivity contribution in [3.05, 3.63) is 59.5 Å². The van der Waals surface area contributed by atoms with Crippen molar-refractivity contribution in [1.82, 2.24) is 15.0 Å². The first-order valence-corrected chi connectivity index (χ1v) is 8.84. The van der Waals surface area contributed by atoms with Crippen LogP contribution in [0, 0.1) is 0 Å². The average molecular weight is 339 g/mol. The van der Waals surface area contributed by atoms with E-state index in [0.717, 1.165) is 27.2 Å². The molecular weight excluding hydrogens is 322 g/mol. The van der Waals surface area contributed by atoms with Gasteiger partial charge in [-0.05, 0) is 36.4 Å². The highest BCUT2D eigenvalue weighted by Crippen LogP contribution is 2.22. The number of benzene rings is 1. The van der Waals surface area contributed by atoms with Crippen molar-refractivity contribution in [2.75, 3.05) is 12.9 Å². The van der Waals surface area contributed by atoms with E-state index < -0.39 is 5.97 Å². The second kappa shape index (κ2) is 7.40. The summed E-state index contributed by atoms with van der Waals surface area (Å²) in [6, 6.07) is 9.57. The maximum Gasteiger partial charge on any atom is 0.356 e. The first-order chi connectivity index (χ1) is 11.7. The minimum Gasteiger partial charge on any atom is -0.461 e. The van der Waals surface area contributed by atoms with E-state index in [-0.39, 0.29) is 0 Å². The fraction of sp³-hybridized carbons (Fsp3) is 0.222. The number of esters is 1. The van der Waals surface area contributed by atoms with Gasteiger partial charge in [-0.1, -0.05) is 30.0 Å². The number of rotatable bonds is 5. The molecule has 0 aliphatic carbocycles. The topological polar surface area (TPSA) is 65.0 Å². The molecule has 2 aromatic heterocycles. The van der Waals surface area contributed by atoms with Crippen molar-refractivity contribution < 1.29 is 9.53 Å². The van der Waals surface area contributed by atoms with Crippen LogP contribution in [0.5, 0.6) is 0 Å². The fourth-order valence-corrected chi connectivity index (χ4v) is 2.78. The third-order valence-electron chi connectivity index (χ3n) is 3.55. The molecule has 0 bridgehead atoms. The Labute approximate surface area is 144 Å². The zero-order chi connectivity index (χ0) is 16.9. The van der Waals surface area contributed by atoms with Gasteiger partial charge in [0.05, 0.1) is 12.1 Å². The molecule has 0 radical (unpaired) electrons. The Morgan fingerprint density at radius 3 is 2.67 bits per heavy atom.